The summed E-state index contributed by atoms with van der Waals surface area (Å²) in [4.78, 5) is 42.1. The molecule has 0 spiro atoms. The molecule has 0 bridgehead atoms. The normalized spacial score (nSPS) is 11.6. The molecule has 0 amide bonds. The van der Waals surface area contributed by atoms with Crippen LogP contribution in [-0.4, -0.2) is 28.0 Å². The van der Waals surface area contributed by atoms with Gasteiger partial charge >= 0.3 is 5.97 Å². The fourth-order valence-electron chi connectivity index (χ4n) is 2.49. The number of hydrogen-bond acceptors (Lipinski definition) is 7. The molecule has 0 unspecified atom stereocenters. The molecule has 1 N–H and O–H groups in total. The molecule has 138 valence electrons. The van der Waals surface area contributed by atoms with Crippen molar-refractivity contribution < 1.29 is 14.5 Å². The number of carbonyl (C=O) groups is 1. The summed E-state index contributed by atoms with van der Waals surface area (Å²) >= 11 is 7.29. The lowest BCUT2D eigenvalue weighted by atomic mass is 10.2. The van der Waals surface area contributed by atoms with E-state index in [4.69, 9.17) is 16.3 Å². The molecule has 27 heavy (non-hydrogen) atoms. The van der Waals surface area contributed by atoms with Crippen molar-refractivity contribution in [3.8, 4) is 0 Å². The zero-order valence-corrected chi connectivity index (χ0v) is 15.7. The van der Waals surface area contributed by atoms with E-state index in [-0.39, 0.29) is 16.5 Å². The van der Waals surface area contributed by atoms with Crippen LogP contribution in [-0.2, 0) is 4.74 Å². The van der Waals surface area contributed by atoms with Crippen LogP contribution in [0.4, 0.5) is 5.69 Å². The summed E-state index contributed by atoms with van der Waals surface area (Å²) in [6, 6.07) is 5.87. The number of nitrogens with zero attached hydrogens (tertiary/aromatic N) is 2. The van der Waals surface area contributed by atoms with Crippen LogP contribution in [0, 0.1) is 17.0 Å². The molecule has 10 heteroatoms. The Morgan fingerprint density at radius 3 is 2.85 bits per heavy atom. The Labute approximate surface area is 161 Å². The first kappa shape index (κ1) is 18.7. The number of aryl methyl sites for hydroxylation is 1. The number of H-pyrrole nitrogens is 1. The Balaban J connectivity index is 2.09. The number of ether oxygens (including phenoxy) is 1. The maximum atomic E-state index is 12.4. The minimum Gasteiger partial charge on any atom is -0.465 e. The van der Waals surface area contributed by atoms with E-state index in [1.54, 1.807) is 13.0 Å². The summed E-state index contributed by atoms with van der Waals surface area (Å²) in [5, 5.41) is 11.3. The minimum atomic E-state index is -0.547. The lowest BCUT2D eigenvalue weighted by molar-refractivity contribution is -0.384. The van der Waals surface area contributed by atoms with Crippen LogP contribution < -0.4 is 5.56 Å². The second-order valence-corrected chi connectivity index (χ2v) is 6.89. The predicted molar refractivity (Wildman–Crippen MR) is 103 cm³/mol. The van der Waals surface area contributed by atoms with Crippen molar-refractivity contribution in [3.05, 3.63) is 66.6 Å². The second kappa shape index (κ2) is 7.29. The van der Waals surface area contributed by atoms with E-state index >= 15 is 0 Å². The van der Waals surface area contributed by atoms with Crippen molar-refractivity contribution in [2.45, 2.75) is 6.92 Å². The summed E-state index contributed by atoms with van der Waals surface area (Å²) in [5.41, 5.74) is 0.446. The van der Waals surface area contributed by atoms with Crippen molar-refractivity contribution in [3.63, 3.8) is 0 Å². The number of non-ortho nitro benzene ring substituents is 1. The Morgan fingerprint density at radius 2 is 2.19 bits per heavy atom. The fourth-order valence-corrected chi connectivity index (χ4v) is 3.80. The number of rotatable bonds is 4. The van der Waals surface area contributed by atoms with Gasteiger partial charge in [-0.1, -0.05) is 23.7 Å². The largest absolute Gasteiger partial charge is 0.465 e. The molecule has 0 aliphatic heterocycles. The van der Waals surface area contributed by atoms with Crippen molar-refractivity contribution in [1.82, 2.24) is 9.97 Å². The molecule has 0 radical (unpaired) electrons. The van der Waals surface area contributed by atoms with E-state index in [0.29, 0.717) is 26.2 Å². The number of nitro groups is 1. The molecule has 0 saturated carbocycles. The van der Waals surface area contributed by atoms with Crippen molar-refractivity contribution >= 4 is 55.9 Å². The number of esters is 1. The first-order chi connectivity index (χ1) is 12.8. The molecule has 3 aromatic rings. The van der Waals surface area contributed by atoms with Crippen LogP contribution in [0.25, 0.3) is 21.3 Å². The molecule has 0 atom stereocenters. The molecular weight excluding hydrogens is 394 g/mol. The SMILES string of the molecule is COC(=O)c1sc2nc(/C(Cl)=C/c3cccc([N+](=O)[O-])c3)[nH]c(=O)c2c1C. The second-order valence-electron chi connectivity index (χ2n) is 5.49. The third kappa shape index (κ3) is 3.60. The summed E-state index contributed by atoms with van der Waals surface area (Å²) in [5.74, 6) is -0.451. The van der Waals surface area contributed by atoms with Gasteiger partial charge in [0.1, 0.15) is 9.71 Å². The van der Waals surface area contributed by atoms with Crippen molar-refractivity contribution in [2.24, 2.45) is 0 Å². The van der Waals surface area contributed by atoms with Gasteiger partial charge in [0, 0.05) is 12.1 Å². The predicted octanol–water partition coefficient (Wildman–Crippen LogP) is 3.72. The quantitative estimate of drug-likeness (QED) is 0.401. The highest BCUT2D eigenvalue weighted by atomic mass is 35.5. The maximum Gasteiger partial charge on any atom is 0.348 e. The van der Waals surface area contributed by atoms with Gasteiger partial charge in [-0.2, -0.15) is 0 Å². The van der Waals surface area contributed by atoms with E-state index < -0.39 is 16.5 Å². The van der Waals surface area contributed by atoms with Gasteiger partial charge in [-0.05, 0) is 24.1 Å². The molecule has 2 aromatic heterocycles. The Kier molecular flexibility index (Phi) is 5.06. The highest BCUT2D eigenvalue weighted by molar-refractivity contribution is 7.20. The number of fused-ring (bicyclic) bond motifs is 1. The first-order valence-corrected chi connectivity index (χ1v) is 8.75. The van der Waals surface area contributed by atoms with Crippen LogP contribution in [0.3, 0.4) is 0 Å². The Morgan fingerprint density at radius 1 is 1.44 bits per heavy atom. The van der Waals surface area contributed by atoms with Crippen LogP contribution in [0.15, 0.2) is 29.1 Å². The minimum absolute atomic E-state index is 0.0817. The summed E-state index contributed by atoms with van der Waals surface area (Å²) in [6.45, 7) is 1.64. The molecule has 0 aliphatic rings. The maximum absolute atomic E-state index is 12.4. The lowest BCUT2D eigenvalue weighted by Gasteiger charge is -2.00. The highest BCUT2D eigenvalue weighted by Gasteiger charge is 2.20. The molecule has 8 nitrogen and oxygen atoms in total. The molecule has 3 rings (SSSR count). The Bertz CT molecular complexity index is 1170. The molecular formula is C17H12ClN3O5S. The number of halogens is 1. The molecule has 0 saturated heterocycles. The number of aromatic amines is 1. The zero-order valence-electron chi connectivity index (χ0n) is 14.1. The van der Waals surface area contributed by atoms with Gasteiger partial charge in [-0.3, -0.25) is 14.9 Å². The molecule has 0 fully saturated rings. The number of hydrogen-bond donors (Lipinski definition) is 1. The number of nitro benzene ring substituents is 1. The van der Waals surface area contributed by atoms with E-state index in [1.807, 2.05) is 0 Å². The number of methoxy groups -OCH3 is 1. The van der Waals surface area contributed by atoms with Gasteiger partial charge in [0.2, 0.25) is 0 Å². The first-order valence-electron chi connectivity index (χ1n) is 7.55. The number of carbonyl (C=O) groups excluding carboxylic acids is 1. The highest BCUT2D eigenvalue weighted by Crippen LogP contribution is 2.29. The number of benzene rings is 1. The van der Waals surface area contributed by atoms with Gasteiger partial charge < -0.3 is 9.72 Å². The van der Waals surface area contributed by atoms with Crippen LogP contribution >= 0.6 is 22.9 Å². The van der Waals surface area contributed by atoms with Crippen LogP contribution in [0.2, 0.25) is 0 Å². The lowest BCUT2D eigenvalue weighted by Crippen LogP contribution is -2.10. The van der Waals surface area contributed by atoms with Crippen LogP contribution in [0.1, 0.15) is 26.6 Å². The molecule has 2 heterocycles. The molecule has 1 aromatic carbocycles. The van der Waals surface area contributed by atoms with Crippen LogP contribution in [0.5, 0.6) is 0 Å². The third-order valence-electron chi connectivity index (χ3n) is 3.77. The summed E-state index contributed by atoms with van der Waals surface area (Å²) < 4.78 is 4.71. The van der Waals surface area contributed by atoms with E-state index in [2.05, 4.69) is 9.97 Å². The average molecular weight is 406 g/mol. The molecule has 0 aliphatic carbocycles. The number of aromatic nitrogens is 2. The average Bonchev–Trinajstić information content (AvgIpc) is 2.98. The van der Waals surface area contributed by atoms with Crippen molar-refractivity contribution in [2.75, 3.05) is 7.11 Å². The van der Waals surface area contributed by atoms with Gasteiger partial charge in [-0.15, -0.1) is 11.3 Å². The fraction of sp³-hybridized carbons (Fsp3) is 0.118. The van der Waals surface area contributed by atoms with Gasteiger partial charge in [0.25, 0.3) is 11.2 Å². The number of nitrogens with one attached hydrogen (secondary N) is 1. The summed E-state index contributed by atoms with van der Waals surface area (Å²) in [6.07, 6.45) is 1.46. The smallest absolute Gasteiger partial charge is 0.348 e. The van der Waals surface area contributed by atoms with Gasteiger partial charge in [0.05, 0.1) is 22.5 Å². The topological polar surface area (TPSA) is 115 Å². The number of thiophene rings is 1. The van der Waals surface area contributed by atoms with E-state index in [9.17, 15) is 19.7 Å². The third-order valence-corrected chi connectivity index (χ3v) is 5.23. The monoisotopic (exact) mass is 405 g/mol. The van der Waals surface area contributed by atoms with Gasteiger partial charge in [0.15, 0.2) is 5.82 Å². The van der Waals surface area contributed by atoms with Crippen molar-refractivity contribution in [1.29, 1.82) is 0 Å². The van der Waals surface area contributed by atoms with E-state index in [1.165, 1.54) is 31.4 Å². The summed E-state index contributed by atoms with van der Waals surface area (Å²) in [7, 11) is 1.26. The Hall–Kier alpha value is -3.04. The van der Waals surface area contributed by atoms with E-state index in [0.717, 1.165) is 11.3 Å². The van der Waals surface area contributed by atoms with Gasteiger partial charge in [-0.25, -0.2) is 9.78 Å². The standard InChI is InChI=1S/C17H12ClN3O5S/c1-8-12-15(22)19-14(20-16(12)27-13(8)17(23)26-2)11(18)7-9-4-3-5-10(6-9)21(24)25/h3-7H,1-2H3,(H,19,20,22)/b11-7-. The zero-order chi connectivity index (χ0) is 19.7.